The van der Waals surface area contributed by atoms with Crippen molar-refractivity contribution in [1.82, 2.24) is 0 Å². The summed E-state index contributed by atoms with van der Waals surface area (Å²) in [5.41, 5.74) is -1.05. The molecule has 120 valence electrons. The molecule has 0 aromatic heterocycles. The first-order valence-electron chi connectivity index (χ1n) is 6.38. The minimum absolute atomic E-state index is 0.0534. The highest BCUT2D eigenvalue weighted by molar-refractivity contribution is 9.09. The van der Waals surface area contributed by atoms with Crippen LogP contribution in [0.2, 0.25) is 0 Å². The second kappa shape index (κ2) is 6.95. The van der Waals surface area contributed by atoms with Crippen molar-refractivity contribution in [2.45, 2.75) is 6.18 Å². The van der Waals surface area contributed by atoms with Crippen molar-refractivity contribution >= 4 is 28.0 Å². The maximum Gasteiger partial charge on any atom is 0.417 e. The van der Waals surface area contributed by atoms with E-state index in [9.17, 15) is 22.8 Å². The fraction of sp³-hybridized carbons (Fsp3) is 0.125. The van der Waals surface area contributed by atoms with Gasteiger partial charge in [0.25, 0.3) is 0 Å². The van der Waals surface area contributed by atoms with Crippen LogP contribution in [0, 0.1) is 0 Å². The number of benzene rings is 2. The first kappa shape index (κ1) is 17.2. The average Bonchev–Trinajstić information content (AvgIpc) is 2.54. The first-order chi connectivity index (χ1) is 10.8. The lowest BCUT2D eigenvalue weighted by Gasteiger charge is -2.14. The van der Waals surface area contributed by atoms with Gasteiger partial charge in [-0.1, -0.05) is 15.9 Å². The second-order valence-corrected chi connectivity index (χ2v) is 5.11. The van der Waals surface area contributed by atoms with Crippen molar-refractivity contribution < 1.29 is 27.5 Å². The number of hydrogen-bond acceptors (Lipinski definition) is 3. The molecule has 0 heterocycles. The summed E-state index contributed by atoms with van der Waals surface area (Å²) in [6, 6.07) is 9.05. The summed E-state index contributed by atoms with van der Waals surface area (Å²) < 4.78 is 44.6. The fourth-order valence-corrected chi connectivity index (χ4v) is 2.19. The van der Waals surface area contributed by atoms with Gasteiger partial charge in [0.1, 0.15) is 17.8 Å². The van der Waals surface area contributed by atoms with E-state index in [-0.39, 0.29) is 16.8 Å². The normalized spacial score (nSPS) is 11.1. The Bertz CT molecular complexity index is 724. The van der Waals surface area contributed by atoms with E-state index in [4.69, 9.17) is 4.74 Å². The second-order valence-electron chi connectivity index (χ2n) is 4.55. The smallest absolute Gasteiger partial charge is 0.417 e. The minimum Gasteiger partial charge on any atom is -0.457 e. The van der Waals surface area contributed by atoms with Crippen LogP contribution in [0.3, 0.4) is 0 Å². The molecule has 0 spiro atoms. The average molecular weight is 387 g/mol. The lowest BCUT2D eigenvalue weighted by molar-refractivity contribution is -0.138. The predicted octanol–water partition coefficient (Wildman–Crippen LogP) is 4.89. The lowest BCUT2D eigenvalue weighted by atomic mass is 10.0. The Kier molecular flexibility index (Phi) is 5.20. The number of aldehydes is 1. The highest BCUT2D eigenvalue weighted by atomic mass is 79.9. The third-order valence-corrected chi connectivity index (χ3v) is 3.48. The van der Waals surface area contributed by atoms with Crippen molar-refractivity contribution in [3.8, 4) is 11.5 Å². The molecule has 0 atom stereocenters. The molecular weight excluding hydrogens is 377 g/mol. The van der Waals surface area contributed by atoms with Crippen LogP contribution in [0.1, 0.15) is 26.3 Å². The van der Waals surface area contributed by atoms with E-state index in [1.165, 1.54) is 30.3 Å². The number of ketones is 1. The number of Topliss-reactive ketones (excluding diaryl/α,β-unsaturated/α-hetero) is 1. The molecule has 0 unspecified atom stereocenters. The minimum atomic E-state index is -4.67. The highest BCUT2D eigenvalue weighted by Crippen LogP contribution is 2.36. The van der Waals surface area contributed by atoms with Crippen LogP contribution < -0.4 is 4.74 Å². The summed E-state index contributed by atoms with van der Waals surface area (Å²) in [4.78, 5) is 22.2. The standard InChI is InChI=1S/C16H10BrF3O3/c17-8-15(22)13-6-5-12(7-14(13)16(18,19)20)23-11-3-1-10(9-21)2-4-11/h1-7,9H,8H2. The zero-order chi connectivity index (χ0) is 17.0. The Morgan fingerprint density at radius 1 is 1.09 bits per heavy atom. The van der Waals surface area contributed by atoms with Gasteiger partial charge in [0.2, 0.25) is 0 Å². The quantitative estimate of drug-likeness (QED) is 0.417. The molecule has 2 aromatic rings. The first-order valence-corrected chi connectivity index (χ1v) is 7.51. The summed E-state index contributed by atoms with van der Waals surface area (Å²) in [6.07, 6.45) is -4.03. The van der Waals surface area contributed by atoms with Gasteiger partial charge in [0.15, 0.2) is 5.78 Å². The van der Waals surface area contributed by atoms with Gasteiger partial charge in [-0.2, -0.15) is 13.2 Å². The fourth-order valence-electron chi connectivity index (χ4n) is 1.89. The van der Waals surface area contributed by atoms with E-state index in [1.807, 2.05) is 0 Å². The molecular formula is C16H10BrF3O3. The number of carbonyl (C=O) groups excluding carboxylic acids is 2. The Balaban J connectivity index is 2.36. The molecule has 0 amide bonds. The van der Waals surface area contributed by atoms with Crippen LogP contribution in [-0.4, -0.2) is 17.4 Å². The van der Waals surface area contributed by atoms with Crippen molar-refractivity contribution in [2.24, 2.45) is 0 Å². The summed E-state index contributed by atoms with van der Waals surface area (Å²) in [7, 11) is 0. The van der Waals surface area contributed by atoms with Crippen LogP contribution >= 0.6 is 15.9 Å². The van der Waals surface area contributed by atoms with Gasteiger partial charge in [-0.25, -0.2) is 0 Å². The van der Waals surface area contributed by atoms with E-state index in [2.05, 4.69) is 15.9 Å². The summed E-state index contributed by atoms with van der Waals surface area (Å²) in [5, 5.41) is -0.205. The molecule has 0 N–H and O–H groups in total. The molecule has 0 radical (unpaired) electrons. The van der Waals surface area contributed by atoms with E-state index in [0.29, 0.717) is 11.8 Å². The third-order valence-electron chi connectivity index (χ3n) is 2.97. The van der Waals surface area contributed by atoms with E-state index in [1.54, 1.807) is 0 Å². The van der Waals surface area contributed by atoms with Gasteiger partial charge < -0.3 is 4.74 Å². The van der Waals surface area contributed by atoms with Crippen LogP contribution in [0.4, 0.5) is 13.2 Å². The van der Waals surface area contributed by atoms with Gasteiger partial charge in [-0.3, -0.25) is 9.59 Å². The summed E-state index contributed by atoms with van der Waals surface area (Å²) >= 11 is 2.86. The van der Waals surface area contributed by atoms with E-state index in [0.717, 1.165) is 12.1 Å². The van der Waals surface area contributed by atoms with E-state index < -0.39 is 23.1 Å². The molecule has 0 saturated carbocycles. The number of ether oxygens (including phenoxy) is 1. The Labute approximate surface area is 138 Å². The van der Waals surface area contributed by atoms with E-state index >= 15 is 0 Å². The third kappa shape index (κ3) is 4.19. The van der Waals surface area contributed by atoms with Crippen molar-refractivity contribution in [3.63, 3.8) is 0 Å². The number of rotatable bonds is 5. The molecule has 0 fully saturated rings. The van der Waals surface area contributed by atoms with Crippen LogP contribution in [0.15, 0.2) is 42.5 Å². The molecule has 0 aliphatic rings. The number of carbonyl (C=O) groups is 2. The SMILES string of the molecule is O=Cc1ccc(Oc2ccc(C(=O)CBr)c(C(F)(F)F)c2)cc1. The maximum absolute atomic E-state index is 13.1. The molecule has 3 nitrogen and oxygen atoms in total. The van der Waals surface area contributed by atoms with Crippen molar-refractivity contribution in [3.05, 3.63) is 59.2 Å². The van der Waals surface area contributed by atoms with Gasteiger partial charge in [0, 0.05) is 11.1 Å². The molecule has 0 aliphatic heterocycles. The highest BCUT2D eigenvalue weighted by Gasteiger charge is 2.35. The van der Waals surface area contributed by atoms with Gasteiger partial charge in [0.05, 0.1) is 10.9 Å². The molecule has 0 saturated heterocycles. The molecule has 2 aromatic carbocycles. The molecule has 2 rings (SSSR count). The van der Waals surface area contributed by atoms with Crippen LogP contribution in [0.25, 0.3) is 0 Å². The number of hydrogen-bond donors (Lipinski definition) is 0. The number of halogens is 4. The van der Waals surface area contributed by atoms with Crippen molar-refractivity contribution in [2.75, 3.05) is 5.33 Å². The largest absolute Gasteiger partial charge is 0.457 e. The lowest BCUT2D eigenvalue weighted by Crippen LogP contribution is -2.14. The molecule has 7 heteroatoms. The molecule has 23 heavy (non-hydrogen) atoms. The summed E-state index contributed by atoms with van der Waals surface area (Å²) in [5.74, 6) is -0.440. The molecule has 0 aliphatic carbocycles. The summed E-state index contributed by atoms with van der Waals surface area (Å²) in [6.45, 7) is 0. The predicted molar refractivity (Wildman–Crippen MR) is 81.5 cm³/mol. The zero-order valence-electron chi connectivity index (χ0n) is 11.6. The monoisotopic (exact) mass is 386 g/mol. The van der Waals surface area contributed by atoms with Crippen LogP contribution in [0.5, 0.6) is 11.5 Å². The van der Waals surface area contributed by atoms with Crippen LogP contribution in [-0.2, 0) is 6.18 Å². The molecule has 0 bridgehead atoms. The number of alkyl halides is 4. The van der Waals surface area contributed by atoms with Gasteiger partial charge in [-0.15, -0.1) is 0 Å². The van der Waals surface area contributed by atoms with Gasteiger partial charge in [-0.05, 0) is 42.5 Å². The topological polar surface area (TPSA) is 43.4 Å². The Morgan fingerprint density at radius 3 is 2.22 bits per heavy atom. The van der Waals surface area contributed by atoms with Crippen molar-refractivity contribution in [1.29, 1.82) is 0 Å². The zero-order valence-corrected chi connectivity index (χ0v) is 13.1. The maximum atomic E-state index is 13.1. The Hall–Kier alpha value is -2.15. The Morgan fingerprint density at radius 2 is 1.70 bits per heavy atom. The van der Waals surface area contributed by atoms with Gasteiger partial charge >= 0.3 is 6.18 Å².